The molecule has 0 saturated heterocycles. The smallest absolute Gasteiger partial charge is 0.259 e. The van der Waals surface area contributed by atoms with Crippen LogP contribution in [0.5, 0.6) is 11.5 Å². The number of aromatic nitrogens is 1. The molecule has 2 aromatic carbocycles. The van der Waals surface area contributed by atoms with Gasteiger partial charge in [0.2, 0.25) is 5.91 Å². The van der Waals surface area contributed by atoms with Crippen LogP contribution in [0.15, 0.2) is 53.1 Å². The number of anilines is 1. The molecule has 8 nitrogen and oxygen atoms in total. The first-order valence-electron chi connectivity index (χ1n) is 10.2. The van der Waals surface area contributed by atoms with Gasteiger partial charge in [-0.2, -0.15) is 0 Å². The quantitative estimate of drug-likeness (QED) is 0.551. The van der Waals surface area contributed by atoms with Crippen molar-refractivity contribution in [3.05, 3.63) is 71.1 Å². The molecule has 0 aliphatic carbocycles. The number of carbonyl (C=O) groups excluding carboxylic acids is 2. The maximum absolute atomic E-state index is 12.4. The van der Waals surface area contributed by atoms with Gasteiger partial charge in [0.15, 0.2) is 6.61 Å². The molecule has 0 radical (unpaired) electrons. The van der Waals surface area contributed by atoms with Crippen molar-refractivity contribution in [3.63, 3.8) is 0 Å². The average Bonchev–Trinajstić information content (AvgIpc) is 3.09. The monoisotopic (exact) mass is 437 g/mol. The largest absolute Gasteiger partial charge is 0.489 e. The van der Waals surface area contributed by atoms with Crippen molar-refractivity contribution in [2.45, 2.75) is 26.9 Å². The Morgan fingerprint density at radius 3 is 2.19 bits per heavy atom. The predicted molar refractivity (Wildman–Crippen MR) is 120 cm³/mol. The third-order valence-corrected chi connectivity index (χ3v) is 4.85. The lowest BCUT2D eigenvalue weighted by molar-refractivity contribution is -0.130. The van der Waals surface area contributed by atoms with Gasteiger partial charge < -0.3 is 24.2 Å². The van der Waals surface area contributed by atoms with Crippen molar-refractivity contribution < 1.29 is 23.6 Å². The van der Waals surface area contributed by atoms with Gasteiger partial charge in [0.25, 0.3) is 5.91 Å². The van der Waals surface area contributed by atoms with Crippen LogP contribution in [0.4, 0.5) is 5.69 Å². The first kappa shape index (κ1) is 22.9. The molecule has 0 aliphatic heterocycles. The minimum Gasteiger partial charge on any atom is -0.489 e. The Bertz CT molecular complexity index is 1040. The highest BCUT2D eigenvalue weighted by atomic mass is 16.5. The lowest BCUT2D eigenvalue weighted by Crippen LogP contribution is -2.27. The van der Waals surface area contributed by atoms with E-state index in [4.69, 9.17) is 14.0 Å². The Morgan fingerprint density at radius 1 is 0.969 bits per heavy atom. The van der Waals surface area contributed by atoms with Crippen LogP contribution in [-0.2, 0) is 22.6 Å². The number of rotatable bonds is 9. The summed E-state index contributed by atoms with van der Waals surface area (Å²) in [5.74, 6) is 1.76. The minimum absolute atomic E-state index is 0.0312. The van der Waals surface area contributed by atoms with E-state index in [9.17, 15) is 9.59 Å². The van der Waals surface area contributed by atoms with Crippen LogP contribution >= 0.6 is 0 Å². The van der Waals surface area contributed by atoms with Crippen molar-refractivity contribution in [2.24, 2.45) is 0 Å². The summed E-state index contributed by atoms with van der Waals surface area (Å²) in [6.45, 7) is 4.08. The standard InChI is InChI=1S/C24H27N3O5/c1-16-22(17(2)32-26-16)14-30-20-9-5-18(6-10-20)13-23(28)25-19-7-11-21(12-8-19)31-15-24(29)27(3)4/h5-12H,13-15H2,1-4H3,(H,25,28). The molecular formula is C24H27N3O5. The van der Waals surface area contributed by atoms with Crippen molar-refractivity contribution in [2.75, 3.05) is 26.0 Å². The van der Waals surface area contributed by atoms with E-state index in [0.29, 0.717) is 23.8 Å². The molecular weight excluding hydrogens is 410 g/mol. The van der Waals surface area contributed by atoms with Gasteiger partial charge in [-0.3, -0.25) is 9.59 Å². The van der Waals surface area contributed by atoms with Crippen LogP contribution in [0, 0.1) is 13.8 Å². The highest BCUT2D eigenvalue weighted by Crippen LogP contribution is 2.19. The predicted octanol–water partition coefficient (Wildman–Crippen LogP) is 3.52. The Hall–Kier alpha value is -3.81. The van der Waals surface area contributed by atoms with E-state index in [-0.39, 0.29) is 24.8 Å². The zero-order chi connectivity index (χ0) is 23.1. The zero-order valence-corrected chi connectivity index (χ0v) is 18.7. The highest BCUT2D eigenvalue weighted by molar-refractivity contribution is 5.92. The summed E-state index contributed by atoms with van der Waals surface area (Å²) >= 11 is 0. The third kappa shape index (κ3) is 6.34. The summed E-state index contributed by atoms with van der Waals surface area (Å²) in [6, 6.07) is 14.3. The molecule has 3 aromatic rings. The molecule has 0 spiro atoms. The Labute approximate surface area is 187 Å². The minimum atomic E-state index is -0.133. The van der Waals surface area contributed by atoms with Gasteiger partial charge in [-0.05, 0) is 55.8 Å². The van der Waals surface area contributed by atoms with Crippen molar-refractivity contribution in [1.29, 1.82) is 0 Å². The molecule has 8 heteroatoms. The lowest BCUT2D eigenvalue weighted by atomic mass is 10.1. The molecule has 0 bridgehead atoms. The fraction of sp³-hybridized carbons (Fsp3) is 0.292. The van der Waals surface area contributed by atoms with Crippen LogP contribution in [-0.4, -0.2) is 42.6 Å². The second-order valence-electron chi connectivity index (χ2n) is 7.56. The van der Waals surface area contributed by atoms with Crippen LogP contribution in [0.2, 0.25) is 0 Å². The number of amides is 2. The van der Waals surface area contributed by atoms with E-state index >= 15 is 0 Å². The zero-order valence-electron chi connectivity index (χ0n) is 18.7. The number of ether oxygens (including phenoxy) is 2. The molecule has 0 unspecified atom stereocenters. The van der Waals surface area contributed by atoms with Crippen LogP contribution in [0.1, 0.15) is 22.6 Å². The van der Waals surface area contributed by atoms with Gasteiger partial charge in [-0.25, -0.2) is 0 Å². The van der Waals surface area contributed by atoms with Gasteiger partial charge in [0.1, 0.15) is 23.9 Å². The van der Waals surface area contributed by atoms with Gasteiger partial charge >= 0.3 is 0 Å². The van der Waals surface area contributed by atoms with E-state index in [1.54, 1.807) is 38.4 Å². The molecule has 0 atom stereocenters. The summed E-state index contributed by atoms with van der Waals surface area (Å²) in [5.41, 5.74) is 3.28. The highest BCUT2D eigenvalue weighted by Gasteiger charge is 2.10. The fourth-order valence-corrected chi connectivity index (χ4v) is 2.87. The molecule has 0 saturated carbocycles. The van der Waals surface area contributed by atoms with E-state index in [0.717, 1.165) is 22.6 Å². The maximum atomic E-state index is 12.4. The number of aryl methyl sites for hydroxylation is 2. The summed E-state index contributed by atoms with van der Waals surface area (Å²) in [6.07, 6.45) is 0.236. The van der Waals surface area contributed by atoms with Gasteiger partial charge in [0.05, 0.1) is 17.7 Å². The van der Waals surface area contributed by atoms with E-state index in [2.05, 4.69) is 10.5 Å². The molecule has 0 fully saturated rings. The second-order valence-corrected chi connectivity index (χ2v) is 7.56. The molecule has 2 amide bonds. The Balaban J connectivity index is 1.47. The second kappa shape index (κ2) is 10.5. The first-order valence-corrected chi connectivity index (χ1v) is 10.2. The topological polar surface area (TPSA) is 93.9 Å². The number of nitrogens with zero attached hydrogens (tertiary/aromatic N) is 2. The van der Waals surface area contributed by atoms with E-state index < -0.39 is 0 Å². The Kier molecular flexibility index (Phi) is 7.49. The molecule has 1 heterocycles. The Morgan fingerprint density at radius 2 is 1.59 bits per heavy atom. The maximum Gasteiger partial charge on any atom is 0.259 e. The van der Waals surface area contributed by atoms with Crippen molar-refractivity contribution >= 4 is 17.5 Å². The van der Waals surface area contributed by atoms with Crippen LogP contribution in [0.3, 0.4) is 0 Å². The SMILES string of the molecule is Cc1noc(C)c1COc1ccc(CC(=O)Nc2ccc(OCC(=O)N(C)C)cc2)cc1. The molecule has 0 aliphatic rings. The number of benzene rings is 2. The third-order valence-electron chi connectivity index (χ3n) is 4.85. The molecule has 3 rings (SSSR count). The summed E-state index contributed by atoms with van der Waals surface area (Å²) in [5, 5.41) is 6.77. The van der Waals surface area contributed by atoms with Gasteiger partial charge in [-0.15, -0.1) is 0 Å². The normalized spacial score (nSPS) is 10.5. The summed E-state index contributed by atoms with van der Waals surface area (Å²) in [7, 11) is 3.34. The van der Waals surface area contributed by atoms with E-state index in [1.807, 2.05) is 38.1 Å². The molecule has 1 N–H and O–H groups in total. The van der Waals surface area contributed by atoms with Gasteiger partial charge in [0, 0.05) is 19.8 Å². The first-order chi connectivity index (χ1) is 15.3. The number of hydrogen-bond donors (Lipinski definition) is 1. The fourth-order valence-electron chi connectivity index (χ4n) is 2.87. The van der Waals surface area contributed by atoms with Crippen LogP contribution in [0.25, 0.3) is 0 Å². The number of carbonyl (C=O) groups is 2. The molecule has 168 valence electrons. The van der Waals surface area contributed by atoms with E-state index in [1.165, 1.54) is 4.90 Å². The average molecular weight is 437 g/mol. The van der Waals surface area contributed by atoms with Crippen molar-refractivity contribution in [3.8, 4) is 11.5 Å². The molecule has 32 heavy (non-hydrogen) atoms. The molecule has 1 aromatic heterocycles. The van der Waals surface area contributed by atoms with Gasteiger partial charge in [-0.1, -0.05) is 17.3 Å². The number of likely N-dealkylation sites (N-methyl/N-ethyl adjacent to an activating group) is 1. The van der Waals surface area contributed by atoms with Crippen molar-refractivity contribution in [1.82, 2.24) is 10.1 Å². The number of nitrogens with one attached hydrogen (secondary N) is 1. The summed E-state index contributed by atoms with van der Waals surface area (Å²) < 4.78 is 16.4. The lowest BCUT2D eigenvalue weighted by Gasteiger charge is -2.12. The summed E-state index contributed by atoms with van der Waals surface area (Å²) in [4.78, 5) is 25.4. The number of hydrogen-bond acceptors (Lipinski definition) is 6. The van der Waals surface area contributed by atoms with Crippen LogP contribution < -0.4 is 14.8 Å².